The Morgan fingerprint density at radius 3 is 2.71 bits per heavy atom. The van der Waals surface area contributed by atoms with E-state index in [0.717, 1.165) is 17.3 Å². The lowest BCUT2D eigenvalue weighted by Crippen LogP contribution is -2.00. The minimum absolute atomic E-state index is 0.225. The molecule has 0 aliphatic carbocycles. The average Bonchev–Trinajstić information content (AvgIpc) is 2.16. The van der Waals surface area contributed by atoms with Gasteiger partial charge in [0.15, 0.2) is 0 Å². The summed E-state index contributed by atoms with van der Waals surface area (Å²) in [6, 6.07) is 5.95. The summed E-state index contributed by atoms with van der Waals surface area (Å²) in [6.45, 7) is 2.09. The molecule has 2 rings (SSSR count). The molecular formula is C10H12N4. The summed E-state index contributed by atoms with van der Waals surface area (Å²) in [6.07, 6.45) is 0.972. The van der Waals surface area contributed by atoms with Crippen molar-refractivity contribution < 1.29 is 0 Å². The van der Waals surface area contributed by atoms with Crippen LogP contribution in [-0.4, -0.2) is 9.97 Å². The quantitative estimate of drug-likeness (QED) is 0.708. The first-order valence-corrected chi connectivity index (χ1v) is 4.52. The third-order valence-corrected chi connectivity index (χ3v) is 2.22. The number of aryl methyl sites for hydroxylation is 1. The van der Waals surface area contributed by atoms with Crippen LogP contribution in [-0.2, 0) is 6.42 Å². The number of aromatic nitrogens is 2. The molecule has 0 spiro atoms. The van der Waals surface area contributed by atoms with Crippen LogP contribution in [0.2, 0.25) is 0 Å². The zero-order chi connectivity index (χ0) is 10.1. The average molecular weight is 188 g/mol. The van der Waals surface area contributed by atoms with E-state index >= 15 is 0 Å². The van der Waals surface area contributed by atoms with Gasteiger partial charge in [-0.05, 0) is 24.1 Å². The maximum atomic E-state index is 5.72. The number of benzene rings is 1. The van der Waals surface area contributed by atoms with Crippen molar-refractivity contribution in [3.05, 3.63) is 23.8 Å². The third-order valence-electron chi connectivity index (χ3n) is 2.22. The minimum atomic E-state index is 0.225. The van der Waals surface area contributed by atoms with Crippen LogP contribution in [0.4, 0.5) is 11.8 Å². The molecule has 0 fully saturated rings. The van der Waals surface area contributed by atoms with Crippen LogP contribution in [0.25, 0.3) is 10.9 Å². The molecule has 4 heteroatoms. The molecular weight excluding hydrogens is 176 g/mol. The normalized spacial score (nSPS) is 10.6. The molecule has 14 heavy (non-hydrogen) atoms. The number of rotatable bonds is 1. The molecule has 72 valence electrons. The van der Waals surface area contributed by atoms with E-state index in [1.807, 2.05) is 18.2 Å². The Balaban J connectivity index is 2.75. The van der Waals surface area contributed by atoms with E-state index in [1.54, 1.807) is 0 Å². The summed E-state index contributed by atoms with van der Waals surface area (Å²) in [5.41, 5.74) is 13.3. The van der Waals surface area contributed by atoms with Gasteiger partial charge in [0.25, 0.3) is 0 Å². The number of nitrogens with two attached hydrogens (primary N) is 2. The lowest BCUT2D eigenvalue weighted by atomic mass is 10.1. The van der Waals surface area contributed by atoms with E-state index in [0.29, 0.717) is 5.82 Å². The Hall–Kier alpha value is -1.84. The van der Waals surface area contributed by atoms with Crippen molar-refractivity contribution in [3.8, 4) is 0 Å². The zero-order valence-corrected chi connectivity index (χ0v) is 7.99. The van der Waals surface area contributed by atoms with Gasteiger partial charge in [0, 0.05) is 5.39 Å². The summed E-state index contributed by atoms with van der Waals surface area (Å²) in [4.78, 5) is 8.03. The monoisotopic (exact) mass is 188 g/mol. The number of fused-ring (bicyclic) bond motifs is 1. The standard InChI is InChI=1S/C10H12N4/c1-2-6-3-4-7-8(5-6)13-10(12)14-9(7)11/h3-5H,2H2,1H3,(H4,11,12,13,14). The van der Waals surface area contributed by atoms with Crippen LogP contribution in [0.3, 0.4) is 0 Å². The van der Waals surface area contributed by atoms with Gasteiger partial charge in [-0.1, -0.05) is 13.0 Å². The molecule has 0 amide bonds. The molecule has 0 aliphatic rings. The van der Waals surface area contributed by atoms with Crippen molar-refractivity contribution in [1.82, 2.24) is 9.97 Å². The maximum Gasteiger partial charge on any atom is 0.222 e. The van der Waals surface area contributed by atoms with Crippen molar-refractivity contribution in [3.63, 3.8) is 0 Å². The van der Waals surface area contributed by atoms with Crippen LogP contribution in [0, 0.1) is 0 Å². The molecule has 0 saturated carbocycles. The second-order valence-corrected chi connectivity index (χ2v) is 3.17. The predicted molar refractivity (Wildman–Crippen MR) is 57.7 cm³/mol. The first-order valence-electron chi connectivity index (χ1n) is 4.52. The molecule has 0 aliphatic heterocycles. The van der Waals surface area contributed by atoms with Gasteiger partial charge < -0.3 is 11.5 Å². The highest BCUT2D eigenvalue weighted by molar-refractivity contribution is 5.89. The molecule has 4 N–H and O–H groups in total. The topological polar surface area (TPSA) is 77.8 Å². The van der Waals surface area contributed by atoms with Gasteiger partial charge in [-0.25, -0.2) is 4.98 Å². The predicted octanol–water partition coefficient (Wildman–Crippen LogP) is 1.36. The second-order valence-electron chi connectivity index (χ2n) is 3.17. The zero-order valence-electron chi connectivity index (χ0n) is 7.99. The fourth-order valence-electron chi connectivity index (χ4n) is 1.44. The summed E-state index contributed by atoms with van der Waals surface area (Å²) in [5.74, 6) is 0.665. The smallest absolute Gasteiger partial charge is 0.222 e. The van der Waals surface area contributed by atoms with Gasteiger partial charge in [0.1, 0.15) is 5.82 Å². The molecule has 1 aromatic carbocycles. The first kappa shape index (κ1) is 8.74. The van der Waals surface area contributed by atoms with Gasteiger partial charge in [-0.2, -0.15) is 4.98 Å². The minimum Gasteiger partial charge on any atom is -0.383 e. The number of nitrogens with zero attached hydrogens (tertiary/aromatic N) is 2. The van der Waals surface area contributed by atoms with Gasteiger partial charge in [0.2, 0.25) is 5.95 Å². The lowest BCUT2D eigenvalue weighted by molar-refractivity contribution is 1.14. The maximum absolute atomic E-state index is 5.72. The SMILES string of the molecule is CCc1ccc2c(N)nc(N)nc2c1. The lowest BCUT2D eigenvalue weighted by Gasteiger charge is -2.03. The highest BCUT2D eigenvalue weighted by Gasteiger charge is 2.02. The Kier molecular flexibility index (Phi) is 1.96. The number of anilines is 2. The summed E-state index contributed by atoms with van der Waals surface area (Å²) in [5, 5.41) is 0.858. The van der Waals surface area contributed by atoms with E-state index in [4.69, 9.17) is 11.5 Å². The summed E-state index contributed by atoms with van der Waals surface area (Å²) >= 11 is 0. The Labute approximate surface area is 82.0 Å². The van der Waals surface area contributed by atoms with Gasteiger partial charge in [-0.3, -0.25) is 0 Å². The van der Waals surface area contributed by atoms with Crippen LogP contribution >= 0.6 is 0 Å². The van der Waals surface area contributed by atoms with E-state index < -0.39 is 0 Å². The Morgan fingerprint density at radius 1 is 1.21 bits per heavy atom. The second kappa shape index (κ2) is 3.14. The molecule has 0 radical (unpaired) electrons. The van der Waals surface area contributed by atoms with Crippen molar-refractivity contribution >= 4 is 22.7 Å². The van der Waals surface area contributed by atoms with Crippen molar-refractivity contribution in [2.24, 2.45) is 0 Å². The molecule has 0 bridgehead atoms. The number of hydrogen-bond acceptors (Lipinski definition) is 4. The summed E-state index contributed by atoms with van der Waals surface area (Å²) < 4.78 is 0. The molecule has 4 nitrogen and oxygen atoms in total. The van der Waals surface area contributed by atoms with Crippen molar-refractivity contribution in [2.45, 2.75) is 13.3 Å². The van der Waals surface area contributed by atoms with Crippen LogP contribution < -0.4 is 11.5 Å². The fraction of sp³-hybridized carbons (Fsp3) is 0.200. The van der Waals surface area contributed by atoms with Crippen molar-refractivity contribution in [2.75, 3.05) is 11.5 Å². The Bertz CT molecular complexity index is 479. The molecule has 1 aromatic heterocycles. The Morgan fingerprint density at radius 2 is 2.00 bits per heavy atom. The number of nitrogen functional groups attached to an aromatic ring is 2. The third kappa shape index (κ3) is 1.35. The van der Waals surface area contributed by atoms with Gasteiger partial charge in [-0.15, -0.1) is 0 Å². The molecule has 0 unspecified atom stereocenters. The first-order chi connectivity index (χ1) is 6.70. The van der Waals surface area contributed by atoms with Gasteiger partial charge >= 0.3 is 0 Å². The molecule has 0 saturated heterocycles. The molecule has 0 atom stereocenters. The molecule has 1 heterocycles. The van der Waals surface area contributed by atoms with Crippen LogP contribution in [0.1, 0.15) is 12.5 Å². The number of hydrogen-bond donors (Lipinski definition) is 2. The summed E-state index contributed by atoms with van der Waals surface area (Å²) in [7, 11) is 0. The van der Waals surface area contributed by atoms with E-state index in [9.17, 15) is 0 Å². The largest absolute Gasteiger partial charge is 0.383 e. The van der Waals surface area contributed by atoms with E-state index in [1.165, 1.54) is 5.56 Å². The van der Waals surface area contributed by atoms with Crippen molar-refractivity contribution in [1.29, 1.82) is 0 Å². The fourth-order valence-corrected chi connectivity index (χ4v) is 1.44. The van der Waals surface area contributed by atoms with Crippen LogP contribution in [0.5, 0.6) is 0 Å². The molecule has 2 aromatic rings. The highest BCUT2D eigenvalue weighted by atomic mass is 15.0. The van der Waals surface area contributed by atoms with Gasteiger partial charge in [0.05, 0.1) is 5.52 Å². The van der Waals surface area contributed by atoms with E-state index in [2.05, 4.69) is 16.9 Å². The van der Waals surface area contributed by atoms with Crippen LogP contribution in [0.15, 0.2) is 18.2 Å². The highest BCUT2D eigenvalue weighted by Crippen LogP contribution is 2.19. The van der Waals surface area contributed by atoms with E-state index in [-0.39, 0.29) is 5.95 Å².